The third-order valence-corrected chi connectivity index (χ3v) is 6.20. The number of phenols is 1. The number of hydrogen-bond acceptors (Lipinski definition) is 6. The molecule has 0 saturated carbocycles. The van der Waals surface area contributed by atoms with Gasteiger partial charge in [0.05, 0.1) is 18.8 Å². The largest absolute Gasteiger partial charge is 0.507 e. The number of para-hydroxylation sites is 1. The van der Waals surface area contributed by atoms with Crippen LogP contribution in [0.2, 0.25) is 0 Å². The summed E-state index contributed by atoms with van der Waals surface area (Å²) in [4.78, 5) is 14.2. The van der Waals surface area contributed by atoms with Gasteiger partial charge in [-0.25, -0.2) is 4.98 Å². The van der Waals surface area contributed by atoms with E-state index >= 15 is 0 Å². The van der Waals surface area contributed by atoms with Crippen molar-refractivity contribution in [2.24, 2.45) is 0 Å². The molecule has 1 aliphatic rings. The Morgan fingerprint density at radius 1 is 0.735 bits per heavy atom. The SMILES string of the molecule is Oc1ccccc1-c1nc(OC2CCOCC2)nc(-c2c3ccccc3cc3ccccc23)n1. The molecular formula is C28H23N3O3. The van der Waals surface area contributed by atoms with Crippen LogP contribution in [0.1, 0.15) is 12.8 Å². The molecule has 0 radical (unpaired) electrons. The summed E-state index contributed by atoms with van der Waals surface area (Å²) in [6.07, 6.45) is 1.54. The van der Waals surface area contributed by atoms with E-state index in [1.165, 1.54) is 0 Å². The van der Waals surface area contributed by atoms with Gasteiger partial charge in [-0.15, -0.1) is 0 Å². The molecule has 6 nitrogen and oxygen atoms in total. The fourth-order valence-corrected chi connectivity index (χ4v) is 4.50. The minimum absolute atomic E-state index is 0.0227. The number of ether oxygens (including phenoxy) is 2. The average molecular weight is 450 g/mol. The lowest BCUT2D eigenvalue weighted by Crippen LogP contribution is -2.26. The number of fused-ring (bicyclic) bond motifs is 2. The van der Waals surface area contributed by atoms with Crippen molar-refractivity contribution in [2.45, 2.75) is 18.9 Å². The highest BCUT2D eigenvalue weighted by molar-refractivity contribution is 6.11. The van der Waals surface area contributed by atoms with Crippen LogP contribution < -0.4 is 4.74 Å². The first-order valence-electron chi connectivity index (χ1n) is 11.5. The van der Waals surface area contributed by atoms with E-state index in [1.54, 1.807) is 18.2 Å². The van der Waals surface area contributed by atoms with Gasteiger partial charge in [-0.1, -0.05) is 60.7 Å². The zero-order valence-corrected chi connectivity index (χ0v) is 18.5. The maximum atomic E-state index is 10.5. The van der Waals surface area contributed by atoms with Gasteiger partial charge in [0.15, 0.2) is 11.6 Å². The van der Waals surface area contributed by atoms with Gasteiger partial charge in [0.2, 0.25) is 0 Å². The summed E-state index contributed by atoms with van der Waals surface area (Å²) < 4.78 is 11.7. The highest BCUT2D eigenvalue weighted by Gasteiger charge is 2.21. The molecule has 0 aliphatic carbocycles. The molecule has 168 valence electrons. The van der Waals surface area contributed by atoms with Gasteiger partial charge in [0.25, 0.3) is 0 Å². The highest BCUT2D eigenvalue weighted by atomic mass is 16.5. The van der Waals surface area contributed by atoms with E-state index in [1.807, 2.05) is 30.3 Å². The molecule has 34 heavy (non-hydrogen) atoms. The van der Waals surface area contributed by atoms with E-state index in [0.29, 0.717) is 30.4 Å². The minimum atomic E-state index is -0.0227. The van der Waals surface area contributed by atoms with Crippen LogP contribution in [0.3, 0.4) is 0 Å². The molecule has 1 aromatic heterocycles. The Bertz CT molecular complexity index is 1440. The van der Waals surface area contributed by atoms with Crippen molar-refractivity contribution < 1.29 is 14.6 Å². The zero-order chi connectivity index (χ0) is 22.9. The van der Waals surface area contributed by atoms with Crippen LogP contribution in [-0.2, 0) is 4.74 Å². The van der Waals surface area contributed by atoms with Crippen molar-refractivity contribution in [2.75, 3.05) is 13.2 Å². The predicted molar refractivity (Wildman–Crippen MR) is 132 cm³/mol. The van der Waals surface area contributed by atoms with Gasteiger partial charge in [0.1, 0.15) is 11.9 Å². The van der Waals surface area contributed by atoms with Crippen molar-refractivity contribution in [3.05, 3.63) is 78.9 Å². The van der Waals surface area contributed by atoms with Gasteiger partial charge >= 0.3 is 6.01 Å². The second-order valence-electron chi connectivity index (χ2n) is 8.41. The van der Waals surface area contributed by atoms with Crippen molar-refractivity contribution >= 4 is 21.5 Å². The third kappa shape index (κ3) is 3.82. The number of benzene rings is 4. The molecule has 0 spiro atoms. The molecule has 0 atom stereocenters. The smallest absolute Gasteiger partial charge is 0.320 e. The quantitative estimate of drug-likeness (QED) is 0.351. The Morgan fingerprint density at radius 2 is 1.35 bits per heavy atom. The Labute approximate surface area is 196 Å². The standard InChI is InChI=1S/C28H23N3O3/c32-24-12-6-5-11-23(24)26-29-27(31-28(30-26)34-20-13-15-33-16-14-20)25-21-9-3-1-7-18(21)17-19-8-2-4-10-22(19)25/h1-12,17,20,32H,13-16H2. The van der Waals surface area contributed by atoms with Crippen molar-refractivity contribution in [3.8, 4) is 34.5 Å². The van der Waals surface area contributed by atoms with Crippen LogP contribution in [0.5, 0.6) is 11.8 Å². The number of nitrogens with zero attached hydrogens (tertiary/aromatic N) is 3. The first kappa shape index (κ1) is 20.6. The second-order valence-corrected chi connectivity index (χ2v) is 8.41. The molecule has 6 rings (SSSR count). The number of phenolic OH excluding ortho intramolecular Hbond substituents is 1. The van der Waals surface area contributed by atoms with Gasteiger partial charge in [-0.2, -0.15) is 9.97 Å². The van der Waals surface area contributed by atoms with Crippen LogP contribution >= 0.6 is 0 Å². The van der Waals surface area contributed by atoms with E-state index in [0.717, 1.165) is 39.9 Å². The summed E-state index contributed by atoms with van der Waals surface area (Å²) in [6, 6.07) is 25.9. The summed E-state index contributed by atoms with van der Waals surface area (Å²) in [5.74, 6) is 1.00. The molecule has 1 saturated heterocycles. The first-order chi connectivity index (χ1) is 16.8. The number of aromatic nitrogens is 3. The third-order valence-electron chi connectivity index (χ3n) is 6.20. The monoisotopic (exact) mass is 449 g/mol. The van der Waals surface area contributed by atoms with Crippen molar-refractivity contribution in [3.63, 3.8) is 0 Å². The Hall–Kier alpha value is -4.03. The van der Waals surface area contributed by atoms with E-state index in [4.69, 9.17) is 19.4 Å². The topological polar surface area (TPSA) is 77.4 Å². The van der Waals surface area contributed by atoms with Crippen LogP contribution in [0.4, 0.5) is 0 Å². The van der Waals surface area contributed by atoms with E-state index in [2.05, 4.69) is 35.3 Å². The number of hydrogen-bond donors (Lipinski definition) is 1. The van der Waals surface area contributed by atoms with Crippen LogP contribution in [0.15, 0.2) is 78.9 Å². The molecule has 6 heteroatoms. The van der Waals surface area contributed by atoms with Crippen LogP contribution in [-0.4, -0.2) is 39.4 Å². The summed E-state index contributed by atoms with van der Waals surface area (Å²) in [5, 5.41) is 14.8. The Balaban J connectivity index is 1.60. The molecule has 1 fully saturated rings. The summed E-state index contributed by atoms with van der Waals surface area (Å²) in [7, 11) is 0. The molecular weight excluding hydrogens is 426 g/mol. The lowest BCUT2D eigenvalue weighted by atomic mass is 9.96. The van der Waals surface area contributed by atoms with Gasteiger partial charge in [-0.3, -0.25) is 0 Å². The average Bonchev–Trinajstić information content (AvgIpc) is 2.88. The lowest BCUT2D eigenvalue weighted by molar-refractivity contribution is 0.0217. The molecule has 0 bridgehead atoms. The van der Waals surface area contributed by atoms with Crippen LogP contribution in [0, 0.1) is 0 Å². The van der Waals surface area contributed by atoms with E-state index < -0.39 is 0 Å². The highest BCUT2D eigenvalue weighted by Crippen LogP contribution is 2.37. The normalized spacial score (nSPS) is 14.5. The fraction of sp³-hybridized carbons (Fsp3) is 0.179. The zero-order valence-electron chi connectivity index (χ0n) is 18.5. The maximum Gasteiger partial charge on any atom is 0.320 e. The molecule has 4 aromatic carbocycles. The Morgan fingerprint density at radius 3 is 2.06 bits per heavy atom. The molecule has 5 aromatic rings. The summed E-state index contributed by atoms with van der Waals surface area (Å²) in [5.41, 5.74) is 1.46. The number of rotatable bonds is 4. The Kier molecular flexibility index (Phi) is 5.28. The molecule has 0 amide bonds. The first-order valence-corrected chi connectivity index (χ1v) is 11.5. The van der Waals surface area contributed by atoms with Gasteiger partial charge in [-0.05, 0) is 39.7 Å². The van der Waals surface area contributed by atoms with Gasteiger partial charge < -0.3 is 14.6 Å². The van der Waals surface area contributed by atoms with E-state index in [9.17, 15) is 5.11 Å². The lowest BCUT2D eigenvalue weighted by Gasteiger charge is -2.22. The van der Waals surface area contributed by atoms with Gasteiger partial charge in [0, 0.05) is 18.4 Å². The fourth-order valence-electron chi connectivity index (χ4n) is 4.50. The maximum absolute atomic E-state index is 10.5. The van der Waals surface area contributed by atoms with Crippen molar-refractivity contribution in [1.29, 1.82) is 0 Å². The molecule has 0 unspecified atom stereocenters. The summed E-state index contributed by atoms with van der Waals surface area (Å²) in [6.45, 7) is 1.31. The van der Waals surface area contributed by atoms with E-state index in [-0.39, 0.29) is 17.9 Å². The molecule has 1 aliphatic heterocycles. The van der Waals surface area contributed by atoms with Crippen LogP contribution in [0.25, 0.3) is 44.3 Å². The van der Waals surface area contributed by atoms with Crippen molar-refractivity contribution in [1.82, 2.24) is 15.0 Å². The number of aromatic hydroxyl groups is 1. The molecule has 1 N–H and O–H groups in total. The minimum Gasteiger partial charge on any atom is -0.507 e. The molecule has 2 heterocycles. The second kappa shape index (κ2) is 8.72. The predicted octanol–water partition coefficient (Wildman–Crippen LogP) is 5.78. The summed E-state index contributed by atoms with van der Waals surface area (Å²) >= 11 is 0.